The van der Waals surface area contributed by atoms with E-state index in [1.165, 1.54) is 12.1 Å². The molecule has 1 unspecified atom stereocenters. The molecule has 0 saturated carbocycles. The second kappa shape index (κ2) is 7.15. The molecule has 21 heavy (non-hydrogen) atoms. The molecule has 0 bridgehead atoms. The fourth-order valence-electron chi connectivity index (χ4n) is 1.96. The van der Waals surface area contributed by atoms with Gasteiger partial charge in [-0.05, 0) is 29.5 Å². The fourth-order valence-corrected chi connectivity index (χ4v) is 2.50. The Morgan fingerprint density at radius 1 is 1.29 bits per heavy atom. The zero-order chi connectivity index (χ0) is 15.3. The van der Waals surface area contributed by atoms with Crippen LogP contribution >= 0.6 is 11.8 Å². The third kappa shape index (κ3) is 5.56. The Balaban J connectivity index is 1.81. The van der Waals surface area contributed by atoms with Crippen molar-refractivity contribution < 1.29 is 18.0 Å². The Kier molecular flexibility index (Phi) is 5.49. The smallest absolute Gasteiger partial charge is 0.351 e. The van der Waals surface area contributed by atoms with Gasteiger partial charge in [0.05, 0.1) is 6.04 Å². The minimum absolute atomic E-state index is 0.115. The van der Waals surface area contributed by atoms with Gasteiger partial charge in [-0.2, -0.15) is 13.2 Å². The van der Waals surface area contributed by atoms with Gasteiger partial charge in [0.2, 0.25) is 5.91 Å². The zero-order valence-corrected chi connectivity index (χ0v) is 12.0. The van der Waals surface area contributed by atoms with Crippen LogP contribution in [0.3, 0.4) is 0 Å². The Bertz CT molecular complexity index is 473. The van der Waals surface area contributed by atoms with E-state index >= 15 is 0 Å². The maximum absolute atomic E-state index is 12.2. The molecule has 8 heteroatoms. The van der Waals surface area contributed by atoms with Gasteiger partial charge in [-0.1, -0.05) is 12.1 Å². The molecule has 1 atom stereocenters. The van der Waals surface area contributed by atoms with E-state index in [9.17, 15) is 18.0 Å². The summed E-state index contributed by atoms with van der Waals surface area (Å²) in [6.07, 6.45) is 0. The second-order valence-electron chi connectivity index (χ2n) is 4.62. The van der Waals surface area contributed by atoms with Crippen molar-refractivity contribution in [2.75, 3.05) is 19.6 Å². The first kappa shape index (κ1) is 16.1. The minimum atomic E-state index is -4.28. The van der Waals surface area contributed by atoms with E-state index < -0.39 is 5.51 Å². The van der Waals surface area contributed by atoms with Gasteiger partial charge in [-0.15, -0.1) is 0 Å². The van der Waals surface area contributed by atoms with Crippen molar-refractivity contribution in [1.29, 1.82) is 0 Å². The lowest BCUT2D eigenvalue weighted by Gasteiger charge is -2.23. The third-order valence-electron chi connectivity index (χ3n) is 2.98. The third-order valence-corrected chi connectivity index (χ3v) is 3.72. The Hall–Kier alpha value is -1.25. The second-order valence-corrected chi connectivity index (χ2v) is 5.76. The molecule has 1 amide bonds. The summed E-state index contributed by atoms with van der Waals surface area (Å²) in [6.45, 7) is 2.45. The van der Waals surface area contributed by atoms with E-state index in [1.807, 2.05) is 0 Å². The number of carbonyl (C=O) groups excluding carboxylic acids is 1. The maximum atomic E-state index is 12.2. The molecule has 1 saturated heterocycles. The highest BCUT2D eigenvalue weighted by molar-refractivity contribution is 8.00. The summed E-state index contributed by atoms with van der Waals surface area (Å²) in [5, 5.41) is 8.96. The summed E-state index contributed by atoms with van der Waals surface area (Å²) in [4.78, 5) is 12.0. The number of nitrogens with one attached hydrogen (secondary N) is 3. The number of alkyl halides is 3. The molecule has 1 fully saturated rings. The molecule has 0 aromatic heterocycles. The number of hydrogen-bond donors (Lipinski definition) is 3. The minimum Gasteiger partial charge on any atom is -0.351 e. The van der Waals surface area contributed by atoms with E-state index in [1.54, 1.807) is 12.1 Å². The van der Waals surface area contributed by atoms with Crippen LogP contribution in [0.25, 0.3) is 0 Å². The van der Waals surface area contributed by atoms with Crippen molar-refractivity contribution in [3.8, 4) is 0 Å². The number of rotatable bonds is 4. The van der Waals surface area contributed by atoms with Gasteiger partial charge in [0.1, 0.15) is 0 Å². The molecule has 1 heterocycles. The van der Waals surface area contributed by atoms with Gasteiger partial charge in [-0.3, -0.25) is 4.79 Å². The molecule has 0 aliphatic carbocycles. The molecular weight excluding hydrogens is 303 g/mol. The van der Waals surface area contributed by atoms with Crippen LogP contribution in [0.15, 0.2) is 29.2 Å². The average molecular weight is 319 g/mol. The van der Waals surface area contributed by atoms with Crippen molar-refractivity contribution in [3.05, 3.63) is 29.8 Å². The van der Waals surface area contributed by atoms with Gasteiger partial charge in [0, 0.05) is 31.1 Å². The van der Waals surface area contributed by atoms with Gasteiger partial charge >= 0.3 is 5.51 Å². The highest BCUT2D eigenvalue weighted by Crippen LogP contribution is 2.36. The summed E-state index contributed by atoms with van der Waals surface area (Å²) in [6, 6.07) is 5.71. The molecular formula is C13H16F3N3OS. The SMILES string of the molecule is O=C(NCc1ccc(SC(F)(F)F)cc1)C1CNCCN1. The molecule has 2 rings (SSSR count). The van der Waals surface area contributed by atoms with Crippen LogP contribution < -0.4 is 16.0 Å². The Morgan fingerprint density at radius 2 is 2.00 bits per heavy atom. The van der Waals surface area contributed by atoms with E-state index in [4.69, 9.17) is 0 Å². The first-order valence-corrected chi connectivity index (χ1v) is 7.32. The van der Waals surface area contributed by atoms with Crippen LogP contribution in [0.5, 0.6) is 0 Å². The molecule has 4 nitrogen and oxygen atoms in total. The quantitative estimate of drug-likeness (QED) is 0.736. The lowest BCUT2D eigenvalue weighted by atomic mass is 10.2. The first-order valence-electron chi connectivity index (χ1n) is 6.50. The number of piperazine rings is 1. The number of benzene rings is 1. The Labute approximate surface area is 124 Å². The van der Waals surface area contributed by atoms with Crippen molar-refractivity contribution in [2.45, 2.75) is 23.0 Å². The predicted molar refractivity (Wildman–Crippen MR) is 74.9 cm³/mol. The molecule has 3 N–H and O–H groups in total. The summed E-state index contributed by atoms with van der Waals surface area (Å²) >= 11 is -0.149. The fraction of sp³-hybridized carbons (Fsp3) is 0.462. The van der Waals surface area contributed by atoms with Crippen LogP contribution in [-0.4, -0.2) is 37.1 Å². The van der Waals surface area contributed by atoms with Crippen molar-refractivity contribution in [1.82, 2.24) is 16.0 Å². The maximum Gasteiger partial charge on any atom is 0.446 e. The number of amides is 1. The van der Waals surface area contributed by atoms with Crippen LogP contribution in [0.1, 0.15) is 5.56 Å². The number of thioether (sulfide) groups is 1. The molecule has 1 aliphatic heterocycles. The van der Waals surface area contributed by atoms with Crippen LogP contribution in [0.4, 0.5) is 13.2 Å². The molecule has 0 spiro atoms. The summed E-state index contributed by atoms with van der Waals surface area (Å²) in [7, 11) is 0. The van der Waals surface area contributed by atoms with Gasteiger partial charge in [-0.25, -0.2) is 0 Å². The van der Waals surface area contributed by atoms with Crippen molar-refractivity contribution >= 4 is 17.7 Å². The Morgan fingerprint density at radius 3 is 2.57 bits per heavy atom. The number of carbonyl (C=O) groups is 1. The van der Waals surface area contributed by atoms with E-state index in [2.05, 4.69) is 16.0 Å². The molecule has 1 aromatic rings. The van der Waals surface area contributed by atoms with Gasteiger partial charge < -0.3 is 16.0 Å². The predicted octanol–water partition coefficient (Wildman–Crippen LogP) is 1.48. The first-order chi connectivity index (χ1) is 9.94. The topological polar surface area (TPSA) is 53.2 Å². The molecule has 1 aromatic carbocycles. The molecule has 1 aliphatic rings. The summed E-state index contributed by atoms with van der Waals surface area (Å²) < 4.78 is 36.6. The molecule has 116 valence electrons. The van der Waals surface area contributed by atoms with Crippen molar-refractivity contribution in [3.63, 3.8) is 0 Å². The largest absolute Gasteiger partial charge is 0.446 e. The van der Waals surface area contributed by atoms with Gasteiger partial charge in [0.15, 0.2) is 0 Å². The van der Waals surface area contributed by atoms with E-state index in [0.29, 0.717) is 13.1 Å². The normalized spacial score (nSPS) is 19.3. The molecule has 0 radical (unpaired) electrons. The number of hydrogen-bond acceptors (Lipinski definition) is 4. The van der Waals surface area contributed by atoms with E-state index in [0.717, 1.165) is 18.7 Å². The lowest BCUT2D eigenvalue weighted by Crippen LogP contribution is -2.55. The highest BCUT2D eigenvalue weighted by Gasteiger charge is 2.29. The summed E-state index contributed by atoms with van der Waals surface area (Å²) in [5.41, 5.74) is -3.52. The van der Waals surface area contributed by atoms with Gasteiger partial charge in [0.25, 0.3) is 0 Å². The van der Waals surface area contributed by atoms with Crippen LogP contribution in [0.2, 0.25) is 0 Å². The summed E-state index contributed by atoms with van der Waals surface area (Å²) in [5.74, 6) is -0.115. The lowest BCUT2D eigenvalue weighted by molar-refractivity contribution is -0.123. The van der Waals surface area contributed by atoms with Crippen LogP contribution in [-0.2, 0) is 11.3 Å². The standard InChI is InChI=1S/C13H16F3N3OS/c14-13(15,16)21-10-3-1-9(2-4-10)7-19-12(20)11-8-17-5-6-18-11/h1-4,11,17-18H,5-8H2,(H,19,20). The highest BCUT2D eigenvalue weighted by atomic mass is 32.2. The van der Waals surface area contributed by atoms with E-state index in [-0.39, 0.29) is 28.6 Å². The monoisotopic (exact) mass is 319 g/mol. The van der Waals surface area contributed by atoms with Crippen molar-refractivity contribution in [2.24, 2.45) is 0 Å². The van der Waals surface area contributed by atoms with Crippen LogP contribution in [0, 0.1) is 0 Å². The average Bonchev–Trinajstić information content (AvgIpc) is 2.45. The number of halogens is 3. The zero-order valence-electron chi connectivity index (χ0n) is 11.2.